The molecule has 0 bridgehead atoms. The van der Waals surface area contributed by atoms with Crippen molar-refractivity contribution in [2.75, 3.05) is 0 Å². The third kappa shape index (κ3) is 2.54. The molecule has 0 saturated carbocycles. The lowest BCUT2D eigenvalue weighted by atomic mass is 9.90. The summed E-state index contributed by atoms with van der Waals surface area (Å²) in [6, 6.07) is 9.63. The summed E-state index contributed by atoms with van der Waals surface area (Å²) in [5.74, 6) is -0.141. The molecule has 0 aliphatic carbocycles. The first kappa shape index (κ1) is 13.8. The molecule has 0 saturated heterocycles. The van der Waals surface area contributed by atoms with Gasteiger partial charge in [-0.3, -0.25) is 0 Å². The van der Waals surface area contributed by atoms with Crippen LogP contribution in [0.3, 0.4) is 0 Å². The van der Waals surface area contributed by atoms with Crippen LogP contribution in [0.15, 0.2) is 30.3 Å². The van der Waals surface area contributed by atoms with E-state index in [-0.39, 0.29) is 11.9 Å². The number of hydrogen-bond acceptors (Lipinski definition) is 1. The molecule has 2 rings (SSSR count). The molecule has 2 aromatic rings. The van der Waals surface area contributed by atoms with Crippen molar-refractivity contribution in [3.63, 3.8) is 0 Å². The first-order chi connectivity index (χ1) is 8.91. The Kier molecular flexibility index (Phi) is 3.72. The zero-order valence-electron chi connectivity index (χ0n) is 11.9. The van der Waals surface area contributed by atoms with Gasteiger partial charge in [0.05, 0.1) is 6.04 Å². The first-order valence-electron chi connectivity index (χ1n) is 6.50. The van der Waals surface area contributed by atoms with E-state index in [1.54, 1.807) is 13.8 Å². The molecule has 1 atom stereocenters. The predicted molar refractivity (Wildman–Crippen MR) is 77.8 cm³/mol. The van der Waals surface area contributed by atoms with Gasteiger partial charge in [0, 0.05) is 0 Å². The molecule has 2 aromatic carbocycles. The average molecular weight is 257 g/mol. The van der Waals surface area contributed by atoms with Gasteiger partial charge in [-0.1, -0.05) is 30.3 Å². The van der Waals surface area contributed by atoms with E-state index in [2.05, 4.69) is 26.0 Å². The van der Waals surface area contributed by atoms with Crippen LogP contribution in [-0.4, -0.2) is 0 Å². The SMILES string of the molecule is Cc1cc(C(N)c2c(C)cccc2C)cc(C)c1F. The molecule has 0 heterocycles. The highest BCUT2D eigenvalue weighted by molar-refractivity contribution is 5.43. The Morgan fingerprint density at radius 2 is 1.37 bits per heavy atom. The monoisotopic (exact) mass is 257 g/mol. The van der Waals surface area contributed by atoms with Crippen LogP contribution in [0.4, 0.5) is 4.39 Å². The van der Waals surface area contributed by atoms with Gasteiger partial charge in [-0.2, -0.15) is 0 Å². The summed E-state index contributed by atoms with van der Waals surface area (Å²) in [6.45, 7) is 7.68. The Bertz CT molecular complexity index is 573. The fourth-order valence-corrected chi connectivity index (χ4v) is 2.64. The first-order valence-corrected chi connectivity index (χ1v) is 6.50. The second-order valence-corrected chi connectivity index (χ2v) is 5.25. The molecule has 0 fully saturated rings. The third-order valence-corrected chi connectivity index (χ3v) is 3.67. The molecule has 2 N–H and O–H groups in total. The van der Waals surface area contributed by atoms with Crippen LogP contribution in [-0.2, 0) is 0 Å². The maximum atomic E-state index is 13.7. The van der Waals surface area contributed by atoms with E-state index in [9.17, 15) is 4.39 Å². The lowest BCUT2D eigenvalue weighted by Gasteiger charge is -2.19. The lowest BCUT2D eigenvalue weighted by molar-refractivity contribution is 0.607. The van der Waals surface area contributed by atoms with E-state index in [4.69, 9.17) is 5.73 Å². The van der Waals surface area contributed by atoms with Gasteiger partial charge in [0.2, 0.25) is 0 Å². The minimum atomic E-state index is -0.209. The van der Waals surface area contributed by atoms with Gasteiger partial charge in [-0.25, -0.2) is 4.39 Å². The Morgan fingerprint density at radius 1 is 0.895 bits per heavy atom. The van der Waals surface area contributed by atoms with Crippen molar-refractivity contribution < 1.29 is 4.39 Å². The van der Waals surface area contributed by atoms with Gasteiger partial charge in [-0.15, -0.1) is 0 Å². The molecule has 1 unspecified atom stereocenters. The summed E-state index contributed by atoms with van der Waals surface area (Å²) in [4.78, 5) is 0. The Hall–Kier alpha value is -1.67. The molecular weight excluding hydrogens is 237 g/mol. The Labute approximate surface area is 114 Å². The maximum absolute atomic E-state index is 13.7. The number of benzene rings is 2. The van der Waals surface area contributed by atoms with Crippen LogP contribution in [0.25, 0.3) is 0 Å². The summed E-state index contributed by atoms with van der Waals surface area (Å²) >= 11 is 0. The normalized spacial score (nSPS) is 12.5. The molecule has 0 radical (unpaired) electrons. The molecule has 0 aromatic heterocycles. The van der Waals surface area contributed by atoms with E-state index in [1.807, 2.05) is 18.2 Å². The molecule has 0 aliphatic heterocycles. The van der Waals surface area contributed by atoms with Crippen LogP contribution in [0.1, 0.15) is 39.4 Å². The second kappa shape index (κ2) is 5.14. The quantitative estimate of drug-likeness (QED) is 0.861. The largest absolute Gasteiger partial charge is 0.320 e. The zero-order valence-corrected chi connectivity index (χ0v) is 11.9. The molecule has 0 aliphatic rings. The summed E-state index contributed by atoms with van der Waals surface area (Å²) in [6.07, 6.45) is 0. The van der Waals surface area contributed by atoms with Gasteiger partial charge < -0.3 is 5.73 Å². The number of halogens is 1. The van der Waals surface area contributed by atoms with E-state index >= 15 is 0 Å². The van der Waals surface area contributed by atoms with Crippen LogP contribution in [0, 0.1) is 33.5 Å². The van der Waals surface area contributed by atoms with Crippen molar-refractivity contribution in [2.24, 2.45) is 5.73 Å². The van der Waals surface area contributed by atoms with E-state index in [0.29, 0.717) is 11.1 Å². The molecule has 0 spiro atoms. The number of hydrogen-bond donors (Lipinski definition) is 1. The van der Waals surface area contributed by atoms with Gasteiger partial charge >= 0.3 is 0 Å². The van der Waals surface area contributed by atoms with E-state index in [0.717, 1.165) is 11.1 Å². The summed E-state index contributed by atoms with van der Waals surface area (Å²) in [7, 11) is 0. The predicted octanol–water partition coefficient (Wildman–Crippen LogP) is 4.11. The minimum absolute atomic E-state index is 0.141. The highest BCUT2D eigenvalue weighted by Gasteiger charge is 2.16. The number of aryl methyl sites for hydroxylation is 4. The molecular formula is C17H20FN. The van der Waals surface area contributed by atoms with Crippen LogP contribution in [0.5, 0.6) is 0 Å². The van der Waals surface area contributed by atoms with Crippen molar-refractivity contribution in [1.29, 1.82) is 0 Å². The summed E-state index contributed by atoms with van der Waals surface area (Å²) < 4.78 is 13.7. The molecule has 19 heavy (non-hydrogen) atoms. The highest BCUT2D eigenvalue weighted by atomic mass is 19.1. The van der Waals surface area contributed by atoms with Crippen molar-refractivity contribution in [1.82, 2.24) is 0 Å². The van der Waals surface area contributed by atoms with Crippen molar-refractivity contribution in [3.8, 4) is 0 Å². The Morgan fingerprint density at radius 3 is 1.84 bits per heavy atom. The fraction of sp³-hybridized carbons (Fsp3) is 0.294. The second-order valence-electron chi connectivity index (χ2n) is 5.25. The van der Waals surface area contributed by atoms with Crippen LogP contribution in [0.2, 0.25) is 0 Å². The summed E-state index contributed by atoms with van der Waals surface area (Å²) in [5, 5.41) is 0. The van der Waals surface area contributed by atoms with Crippen LogP contribution < -0.4 is 5.73 Å². The van der Waals surface area contributed by atoms with E-state index in [1.165, 1.54) is 11.1 Å². The average Bonchev–Trinajstić information content (AvgIpc) is 2.35. The highest BCUT2D eigenvalue weighted by Crippen LogP contribution is 2.28. The van der Waals surface area contributed by atoms with Crippen molar-refractivity contribution in [3.05, 3.63) is 69.5 Å². The maximum Gasteiger partial charge on any atom is 0.129 e. The van der Waals surface area contributed by atoms with Gasteiger partial charge in [0.25, 0.3) is 0 Å². The molecule has 2 heteroatoms. The Balaban J connectivity index is 2.53. The van der Waals surface area contributed by atoms with Gasteiger partial charge in [0.15, 0.2) is 0 Å². The smallest absolute Gasteiger partial charge is 0.129 e. The lowest BCUT2D eigenvalue weighted by Crippen LogP contribution is -2.15. The topological polar surface area (TPSA) is 26.0 Å². The zero-order chi connectivity index (χ0) is 14.2. The number of nitrogens with two attached hydrogens (primary N) is 1. The fourth-order valence-electron chi connectivity index (χ4n) is 2.64. The van der Waals surface area contributed by atoms with Gasteiger partial charge in [-0.05, 0) is 61.1 Å². The third-order valence-electron chi connectivity index (χ3n) is 3.67. The van der Waals surface area contributed by atoms with Crippen molar-refractivity contribution >= 4 is 0 Å². The molecule has 0 amide bonds. The van der Waals surface area contributed by atoms with E-state index < -0.39 is 0 Å². The molecule has 100 valence electrons. The summed E-state index contributed by atoms with van der Waals surface area (Å²) in [5.41, 5.74) is 12.1. The molecule has 1 nitrogen and oxygen atoms in total. The van der Waals surface area contributed by atoms with Gasteiger partial charge in [0.1, 0.15) is 5.82 Å². The minimum Gasteiger partial charge on any atom is -0.320 e. The van der Waals surface area contributed by atoms with Crippen LogP contribution >= 0.6 is 0 Å². The standard InChI is InChI=1S/C17H20FN/c1-10-6-5-7-11(2)15(10)17(19)14-8-12(3)16(18)13(4)9-14/h5-9,17H,19H2,1-4H3. The van der Waals surface area contributed by atoms with Crippen molar-refractivity contribution in [2.45, 2.75) is 33.7 Å². The number of rotatable bonds is 2.